The lowest BCUT2D eigenvalue weighted by Gasteiger charge is -2.10. The molecule has 578 valence electrons. The summed E-state index contributed by atoms with van der Waals surface area (Å²) >= 11 is 0. The predicted octanol–water partition coefficient (Wildman–Crippen LogP) is 15.2. The maximum Gasteiger partial charge on any atom is 0.258 e. The second-order valence-electron chi connectivity index (χ2n) is 25.8. The molecule has 0 radical (unpaired) electrons. The van der Waals surface area contributed by atoms with Crippen LogP contribution in [-0.4, -0.2) is 118 Å². The lowest BCUT2D eigenvalue weighted by Crippen LogP contribution is -2.18. The van der Waals surface area contributed by atoms with Crippen LogP contribution in [0.15, 0.2) is 322 Å². The number of anilines is 13. The molecule has 8 aromatic heterocycles. The van der Waals surface area contributed by atoms with Crippen molar-refractivity contribution in [1.29, 1.82) is 0 Å². The highest BCUT2D eigenvalue weighted by molar-refractivity contribution is 6.05. The van der Waals surface area contributed by atoms with Gasteiger partial charge >= 0.3 is 0 Å². The summed E-state index contributed by atoms with van der Waals surface area (Å²) in [5, 5.41) is 44.3. The summed E-state index contributed by atoms with van der Waals surface area (Å²) in [4.78, 5) is 97.2. The molecule has 0 aliphatic heterocycles. The molecule has 18 aromatic rings. The summed E-state index contributed by atoms with van der Waals surface area (Å²) in [7, 11) is 0. The molecule has 0 atom stereocenters. The average Bonchev–Trinajstić information content (AvgIpc) is 1.45. The van der Waals surface area contributed by atoms with Crippen molar-refractivity contribution >= 4 is 133 Å². The Morgan fingerprint density at radius 1 is 0.314 bits per heavy atom. The van der Waals surface area contributed by atoms with Crippen molar-refractivity contribution in [2.24, 2.45) is 5.92 Å². The fraction of sp³-hybridized carbons (Fsp3) is 0.0349. The van der Waals surface area contributed by atoms with Gasteiger partial charge in [-0.05, 0) is 127 Å². The summed E-state index contributed by atoms with van der Waals surface area (Å²) in [5.41, 5.74) is 13.9. The van der Waals surface area contributed by atoms with Gasteiger partial charge in [0.05, 0.1) is 45.0 Å². The first-order valence-corrected chi connectivity index (χ1v) is 36.8. The van der Waals surface area contributed by atoms with Crippen LogP contribution in [-0.2, 0) is 4.79 Å². The highest BCUT2D eigenvalue weighted by Crippen LogP contribution is 2.31. The number of nitrogens with zero attached hydrogens (tertiary/aromatic N) is 19. The SMILES string of the molecule is CC(C)C(=O)Nc1nc(Nc2ncnc3ccccc23)n(-c2ccccc2)n1.Nc1nc(Nc2nc(NC(=O)c3ccccc3)nn2-c2ccccc2)c2ccccc2n1.O=C(Nc1nc(Nc2ccnc3ccccc23)n(-c2ccccc2)n1)c1ccccc1.O=C(Nc1nc(Nc2ccncn2)n(-c2ccccc2)n1)c1ccccc1. The van der Waals surface area contributed by atoms with E-state index in [-0.39, 0.29) is 59.3 Å². The summed E-state index contributed by atoms with van der Waals surface area (Å²) in [6, 6.07) is 91.5. The lowest BCUT2D eigenvalue weighted by atomic mass is 10.2. The molecule has 0 aliphatic carbocycles. The first-order chi connectivity index (χ1) is 57.9. The molecule has 0 aliphatic rings. The van der Waals surface area contributed by atoms with Crippen LogP contribution in [0.2, 0.25) is 0 Å². The molecule has 18 rings (SSSR count). The molecule has 10 N–H and O–H groups in total. The normalized spacial score (nSPS) is 10.7. The molecule has 32 heteroatoms. The van der Waals surface area contributed by atoms with E-state index in [1.807, 2.05) is 244 Å². The van der Waals surface area contributed by atoms with E-state index >= 15 is 0 Å². The standard InChI is InChI=1S/C24H18N6O.C23H18N8O.C20H19N7O.C19H15N7O/c31-22(17-9-3-1-4-10-17)27-23-28-24(30(29-23)18-11-5-2-6-12-18)26-21-15-16-25-20-14-8-7-13-19(20)21;24-21-25-18-14-8-7-13-17(18)19(26-21)27-23-29-22(28-20(32)15-9-3-1-4-10-15)30-31(23)16-11-5-2-6-12-16;1-13(2)18(28)24-19-25-20(27(26-19)14-8-4-3-5-9-14)23-17-15-10-6-7-11-16(15)21-12-22-17;27-17(14-7-3-1-4-8-14)23-18-24-19(22-16-11-12-20-13-21-16)26(25-18)15-9-5-2-6-10-15/h1-16H,(H2,25,26,27,28,29,31);1-14H,(H4,24,25,26,27,28,29,30,32);3-13H,1-2H3,(H2,21,22,23,24,25,26,28);1-13H,(H2,20,21,22,23,24,25,27). The quantitative estimate of drug-likeness (QED) is 0.0342. The molecule has 118 heavy (non-hydrogen) atoms. The van der Waals surface area contributed by atoms with Crippen LogP contribution in [0.5, 0.6) is 0 Å². The van der Waals surface area contributed by atoms with Crippen molar-refractivity contribution in [3.8, 4) is 22.7 Å². The Balaban J connectivity index is 0.000000123. The molecule has 0 saturated heterocycles. The van der Waals surface area contributed by atoms with Gasteiger partial charge in [-0.25, -0.2) is 24.9 Å². The first kappa shape index (κ1) is 76.2. The minimum atomic E-state index is -0.306. The summed E-state index contributed by atoms with van der Waals surface area (Å²) in [6.45, 7) is 3.63. The van der Waals surface area contributed by atoms with Gasteiger partial charge in [-0.1, -0.05) is 184 Å². The van der Waals surface area contributed by atoms with Gasteiger partial charge in [0.1, 0.15) is 30.1 Å². The monoisotopic (exact) mass is 1560 g/mol. The number of hydrogen-bond donors (Lipinski definition) is 9. The van der Waals surface area contributed by atoms with Gasteiger partial charge in [0.25, 0.3) is 41.5 Å². The molecular formula is C86H70N28O4. The summed E-state index contributed by atoms with van der Waals surface area (Å²) in [5.74, 6) is 3.07. The molecule has 32 nitrogen and oxygen atoms in total. The molecule has 0 fully saturated rings. The topological polar surface area (TPSA) is 404 Å². The highest BCUT2D eigenvalue weighted by Gasteiger charge is 2.22. The van der Waals surface area contributed by atoms with E-state index in [0.717, 1.165) is 55.6 Å². The van der Waals surface area contributed by atoms with Gasteiger partial charge < -0.3 is 27.0 Å². The van der Waals surface area contributed by atoms with E-state index in [1.165, 1.54) is 12.7 Å². The highest BCUT2D eigenvalue weighted by atomic mass is 16.2. The number of benzene rings is 10. The zero-order chi connectivity index (χ0) is 80.9. The number of nitrogens with one attached hydrogen (secondary N) is 8. The van der Waals surface area contributed by atoms with Crippen molar-refractivity contribution in [2.45, 2.75) is 13.8 Å². The van der Waals surface area contributed by atoms with Crippen LogP contribution in [0, 0.1) is 5.92 Å². The Morgan fingerprint density at radius 2 is 0.678 bits per heavy atom. The molecule has 4 amide bonds. The molecule has 8 heterocycles. The Kier molecular flexibility index (Phi) is 23.4. The summed E-state index contributed by atoms with van der Waals surface area (Å²) in [6.07, 6.45) is 6.29. The van der Waals surface area contributed by atoms with Gasteiger partial charge in [-0.3, -0.25) is 45.4 Å². The fourth-order valence-corrected chi connectivity index (χ4v) is 11.6. The number of aromatic nitrogens is 19. The fourth-order valence-electron chi connectivity index (χ4n) is 11.6. The average molecular weight is 1560 g/mol. The Morgan fingerprint density at radius 3 is 1.11 bits per heavy atom. The van der Waals surface area contributed by atoms with E-state index in [4.69, 9.17) is 5.73 Å². The third-order valence-corrected chi connectivity index (χ3v) is 17.3. The predicted molar refractivity (Wildman–Crippen MR) is 452 cm³/mol. The van der Waals surface area contributed by atoms with Gasteiger partial charge in [-0.2, -0.15) is 43.6 Å². The Bertz CT molecular complexity index is 6460. The van der Waals surface area contributed by atoms with E-state index in [2.05, 4.69) is 118 Å². The van der Waals surface area contributed by atoms with Crippen LogP contribution in [0.1, 0.15) is 44.9 Å². The first-order valence-electron chi connectivity index (χ1n) is 36.8. The Hall–Kier alpha value is -17.2. The van der Waals surface area contributed by atoms with Crippen molar-refractivity contribution in [2.75, 3.05) is 48.3 Å². The Labute approximate surface area is 672 Å². The van der Waals surface area contributed by atoms with Crippen molar-refractivity contribution < 1.29 is 19.2 Å². The number of carbonyl (C=O) groups excluding carboxylic acids is 4. The molecular weight excluding hydrogens is 1490 g/mol. The van der Waals surface area contributed by atoms with Gasteiger partial charge in [0.15, 0.2) is 0 Å². The molecule has 0 unspecified atom stereocenters. The lowest BCUT2D eigenvalue weighted by molar-refractivity contribution is -0.118. The van der Waals surface area contributed by atoms with Crippen LogP contribution in [0.25, 0.3) is 55.5 Å². The van der Waals surface area contributed by atoms with Crippen LogP contribution in [0.3, 0.4) is 0 Å². The molecule has 0 spiro atoms. The maximum atomic E-state index is 12.6. The van der Waals surface area contributed by atoms with E-state index < -0.39 is 0 Å². The minimum absolute atomic E-state index is 0.134. The van der Waals surface area contributed by atoms with E-state index in [9.17, 15) is 19.2 Å². The second-order valence-corrected chi connectivity index (χ2v) is 25.8. The smallest absolute Gasteiger partial charge is 0.258 e. The van der Waals surface area contributed by atoms with Crippen molar-refractivity contribution in [1.82, 2.24) is 93.9 Å². The van der Waals surface area contributed by atoms with Crippen molar-refractivity contribution in [3.05, 3.63) is 339 Å². The van der Waals surface area contributed by atoms with Gasteiger partial charge in [-0.15, -0.1) is 20.4 Å². The largest absolute Gasteiger partial charge is 0.368 e. The number of para-hydroxylation sites is 7. The number of nitrogens with two attached hydrogens (primary N) is 1. The third kappa shape index (κ3) is 18.9. The zero-order valence-electron chi connectivity index (χ0n) is 62.9. The van der Waals surface area contributed by atoms with Crippen LogP contribution >= 0.6 is 0 Å². The molecule has 10 aromatic carbocycles. The molecule has 0 saturated carbocycles. The van der Waals surface area contributed by atoms with Crippen molar-refractivity contribution in [3.63, 3.8) is 0 Å². The second kappa shape index (κ2) is 36.3. The number of nitrogen functional groups attached to an aromatic ring is 1. The van der Waals surface area contributed by atoms with Crippen LogP contribution < -0.4 is 48.3 Å². The van der Waals surface area contributed by atoms with E-state index in [1.54, 1.807) is 97.9 Å². The number of amides is 4. The molecule has 0 bridgehead atoms. The van der Waals surface area contributed by atoms with Gasteiger partial charge in [0, 0.05) is 51.2 Å². The number of carbonyl (C=O) groups is 4. The van der Waals surface area contributed by atoms with E-state index in [0.29, 0.717) is 63.5 Å². The zero-order valence-corrected chi connectivity index (χ0v) is 62.9. The van der Waals surface area contributed by atoms with Gasteiger partial charge in [0.2, 0.25) is 35.6 Å². The number of fused-ring (bicyclic) bond motifs is 3. The minimum Gasteiger partial charge on any atom is -0.368 e. The number of hydrogen-bond acceptors (Lipinski definition) is 24. The third-order valence-electron chi connectivity index (χ3n) is 17.3. The van der Waals surface area contributed by atoms with Crippen LogP contribution in [0.4, 0.5) is 76.7 Å². The maximum absolute atomic E-state index is 12.6. The number of pyridine rings is 1. The summed E-state index contributed by atoms with van der Waals surface area (Å²) < 4.78 is 6.49. The number of rotatable bonds is 20.